The van der Waals surface area contributed by atoms with Gasteiger partial charge in [0, 0.05) is 17.9 Å². The lowest BCUT2D eigenvalue weighted by Gasteiger charge is -2.21. The average Bonchev–Trinajstić information content (AvgIpc) is 2.63. The summed E-state index contributed by atoms with van der Waals surface area (Å²) >= 11 is 6.17. The Morgan fingerprint density at radius 3 is 2.73 bits per heavy atom. The second-order valence-corrected chi connectivity index (χ2v) is 6.11. The molecule has 1 aromatic heterocycles. The van der Waals surface area contributed by atoms with Gasteiger partial charge < -0.3 is 15.0 Å². The zero-order valence-electron chi connectivity index (χ0n) is 14.9. The Morgan fingerprint density at radius 1 is 1.19 bits per heavy atom. The fourth-order valence-electron chi connectivity index (χ4n) is 2.60. The SMILES string of the molecule is CCN(c1cccc(C)c1)c1nncc(Nc2ccc(OC)c(Cl)c2)n1. The number of anilines is 4. The molecule has 1 heterocycles. The van der Waals surface area contributed by atoms with Crippen molar-refractivity contribution in [2.45, 2.75) is 13.8 Å². The number of hydrogen-bond donors (Lipinski definition) is 1. The number of hydrogen-bond acceptors (Lipinski definition) is 6. The average molecular weight is 370 g/mol. The number of methoxy groups -OCH3 is 1. The highest BCUT2D eigenvalue weighted by molar-refractivity contribution is 6.32. The summed E-state index contributed by atoms with van der Waals surface area (Å²) in [4.78, 5) is 6.59. The third kappa shape index (κ3) is 4.03. The van der Waals surface area contributed by atoms with Crippen molar-refractivity contribution >= 4 is 34.7 Å². The highest BCUT2D eigenvalue weighted by Crippen LogP contribution is 2.29. The highest BCUT2D eigenvalue weighted by atomic mass is 35.5. The van der Waals surface area contributed by atoms with E-state index in [9.17, 15) is 0 Å². The van der Waals surface area contributed by atoms with E-state index < -0.39 is 0 Å². The summed E-state index contributed by atoms with van der Waals surface area (Å²) in [7, 11) is 1.58. The van der Waals surface area contributed by atoms with Crippen LogP contribution in [0.25, 0.3) is 0 Å². The van der Waals surface area contributed by atoms with Crippen molar-refractivity contribution < 1.29 is 4.74 Å². The maximum atomic E-state index is 6.17. The van der Waals surface area contributed by atoms with Crippen LogP contribution >= 0.6 is 11.6 Å². The molecule has 0 aliphatic rings. The quantitative estimate of drug-likeness (QED) is 0.676. The minimum Gasteiger partial charge on any atom is -0.495 e. The van der Waals surface area contributed by atoms with Gasteiger partial charge in [-0.15, -0.1) is 5.10 Å². The van der Waals surface area contributed by atoms with Crippen LogP contribution in [0.4, 0.5) is 23.1 Å². The molecule has 0 aliphatic heterocycles. The van der Waals surface area contributed by atoms with E-state index in [2.05, 4.69) is 46.5 Å². The smallest absolute Gasteiger partial charge is 0.251 e. The van der Waals surface area contributed by atoms with E-state index in [0.717, 1.165) is 17.9 Å². The van der Waals surface area contributed by atoms with Crippen molar-refractivity contribution in [3.63, 3.8) is 0 Å². The highest BCUT2D eigenvalue weighted by Gasteiger charge is 2.12. The van der Waals surface area contributed by atoms with Gasteiger partial charge in [0.1, 0.15) is 5.75 Å². The lowest BCUT2D eigenvalue weighted by atomic mass is 10.2. The van der Waals surface area contributed by atoms with E-state index in [1.807, 2.05) is 23.1 Å². The first kappa shape index (κ1) is 17.9. The molecule has 0 radical (unpaired) electrons. The molecular weight excluding hydrogens is 350 g/mol. The molecular formula is C19H20ClN5O. The minimum absolute atomic E-state index is 0.523. The maximum Gasteiger partial charge on any atom is 0.251 e. The van der Waals surface area contributed by atoms with Crippen LogP contribution in [0.2, 0.25) is 5.02 Å². The van der Waals surface area contributed by atoms with Gasteiger partial charge in [-0.3, -0.25) is 0 Å². The molecule has 3 rings (SSSR count). The first-order valence-electron chi connectivity index (χ1n) is 8.25. The van der Waals surface area contributed by atoms with E-state index >= 15 is 0 Å². The van der Waals surface area contributed by atoms with E-state index in [4.69, 9.17) is 16.3 Å². The monoisotopic (exact) mass is 369 g/mol. The topological polar surface area (TPSA) is 63.2 Å². The van der Waals surface area contributed by atoms with Crippen LogP contribution in [-0.4, -0.2) is 28.8 Å². The molecule has 0 fully saturated rings. The van der Waals surface area contributed by atoms with Crippen molar-refractivity contribution in [1.29, 1.82) is 0 Å². The number of benzene rings is 2. The van der Waals surface area contributed by atoms with Crippen molar-refractivity contribution in [3.05, 3.63) is 59.2 Å². The van der Waals surface area contributed by atoms with Crippen LogP contribution in [0.3, 0.4) is 0 Å². The van der Waals surface area contributed by atoms with Gasteiger partial charge in [0.05, 0.1) is 18.3 Å². The van der Waals surface area contributed by atoms with Crippen molar-refractivity contribution in [2.24, 2.45) is 0 Å². The second kappa shape index (κ2) is 8.01. The Morgan fingerprint density at radius 2 is 2.04 bits per heavy atom. The molecule has 0 amide bonds. The Kier molecular flexibility index (Phi) is 5.53. The van der Waals surface area contributed by atoms with Crippen LogP contribution in [0.5, 0.6) is 5.75 Å². The van der Waals surface area contributed by atoms with Crippen LogP contribution < -0.4 is 15.0 Å². The lowest BCUT2D eigenvalue weighted by molar-refractivity contribution is 0.415. The summed E-state index contributed by atoms with van der Waals surface area (Å²) < 4.78 is 5.17. The summed E-state index contributed by atoms with van der Waals surface area (Å²) in [6, 6.07) is 13.6. The standard InChI is InChI=1S/C19H20ClN5O/c1-4-25(15-7-5-6-13(2)10-15)19-23-18(12-21-24-19)22-14-8-9-17(26-3)16(20)11-14/h5-12H,4H2,1-3H3,(H,22,23,24). The van der Waals surface area contributed by atoms with Crippen molar-refractivity contribution in [2.75, 3.05) is 23.9 Å². The fraction of sp³-hybridized carbons (Fsp3) is 0.211. The molecule has 7 heteroatoms. The largest absolute Gasteiger partial charge is 0.495 e. The van der Waals surface area contributed by atoms with E-state index in [1.165, 1.54) is 5.56 Å². The Hall–Kier alpha value is -2.86. The molecule has 0 aliphatic carbocycles. The molecule has 0 spiro atoms. The first-order chi connectivity index (χ1) is 12.6. The molecule has 26 heavy (non-hydrogen) atoms. The van der Waals surface area contributed by atoms with Gasteiger partial charge in [-0.25, -0.2) is 0 Å². The van der Waals surface area contributed by atoms with E-state index in [1.54, 1.807) is 25.4 Å². The van der Waals surface area contributed by atoms with Gasteiger partial charge in [0.15, 0.2) is 5.82 Å². The molecule has 134 valence electrons. The number of aryl methyl sites for hydroxylation is 1. The predicted molar refractivity (Wildman–Crippen MR) is 105 cm³/mol. The van der Waals surface area contributed by atoms with Crippen LogP contribution in [0.15, 0.2) is 48.7 Å². The maximum absolute atomic E-state index is 6.17. The fourth-order valence-corrected chi connectivity index (χ4v) is 2.85. The normalized spacial score (nSPS) is 10.5. The van der Waals surface area contributed by atoms with E-state index in [-0.39, 0.29) is 0 Å². The van der Waals surface area contributed by atoms with Gasteiger partial charge >= 0.3 is 0 Å². The Labute approximate surface area is 157 Å². The summed E-state index contributed by atoms with van der Waals surface area (Å²) in [5, 5.41) is 12.0. The summed E-state index contributed by atoms with van der Waals surface area (Å²) in [5.74, 6) is 1.74. The van der Waals surface area contributed by atoms with Gasteiger partial charge in [-0.2, -0.15) is 10.1 Å². The molecule has 0 atom stereocenters. The lowest BCUT2D eigenvalue weighted by Crippen LogP contribution is -2.19. The zero-order valence-corrected chi connectivity index (χ0v) is 15.7. The van der Waals surface area contributed by atoms with Crippen molar-refractivity contribution in [3.8, 4) is 5.75 Å². The molecule has 6 nitrogen and oxygen atoms in total. The molecule has 1 N–H and O–H groups in total. The third-order valence-corrected chi connectivity index (χ3v) is 4.14. The molecule has 3 aromatic rings. The molecule has 2 aromatic carbocycles. The zero-order chi connectivity index (χ0) is 18.5. The number of nitrogens with zero attached hydrogens (tertiary/aromatic N) is 4. The van der Waals surface area contributed by atoms with E-state index in [0.29, 0.717) is 22.5 Å². The molecule has 0 saturated heterocycles. The predicted octanol–water partition coefficient (Wildman–Crippen LogP) is 4.74. The van der Waals surface area contributed by atoms with Crippen LogP contribution in [0.1, 0.15) is 12.5 Å². The number of aromatic nitrogens is 3. The third-order valence-electron chi connectivity index (χ3n) is 3.84. The second-order valence-electron chi connectivity index (χ2n) is 5.70. The molecule has 0 bridgehead atoms. The molecule has 0 saturated carbocycles. The van der Waals surface area contributed by atoms with Gasteiger partial charge in [-0.1, -0.05) is 23.7 Å². The van der Waals surface area contributed by atoms with Crippen LogP contribution in [0, 0.1) is 6.92 Å². The van der Waals surface area contributed by atoms with Gasteiger partial charge in [0.25, 0.3) is 5.95 Å². The minimum atomic E-state index is 0.523. The van der Waals surface area contributed by atoms with Gasteiger partial charge in [0.2, 0.25) is 0 Å². The van der Waals surface area contributed by atoms with Gasteiger partial charge in [-0.05, 0) is 49.7 Å². The number of nitrogens with one attached hydrogen (secondary N) is 1. The molecule has 0 unspecified atom stereocenters. The van der Waals surface area contributed by atoms with Crippen molar-refractivity contribution in [1.82, 2.24) is 15.2 Å². The number of rotatable bonds is 6. The summed E-state index contributed by atoms with van der Waals surface area (Å²) in [6.07, 6.45) is 1.58. The Balaban J connectivity index is 1.86. The number of halogens is 1. The first-order valence-corrected chi connectivity index (χ1v) is 8.63. The van der Waals surface area contributed by atoms with Crippen LogP contribution in [-0.2, 0) is 0 Å². The summed E-state index contributed by atoms with van der Waals surface area (Å²) in [5.41, 5.74) is 3.00. The Bertz CT molecular complexity index is 903. The number of ether oxygens (including phenoxy) is 1. The summed E-state index contributed by atoms with van der Waals surface area (Å²) in [6.45, 7) is 4.83.